The second-order valence-corrected chi connectivity index (χ2v) is 5.44. The van der Waals surface area contributed by atoms with Crippen molar-refractivity contribution in [2.75, 3.05) is 19.6 Å². The second-order valence-electron chi connectivity index (χ2n) is 5.44. The van der Waals surface area contributed by atoms with E-state index in [-0.39, 0.29) is 18.4 Å². The van der Waals surface area contributed by atoms with Crippen molar-refractivity contribution < 1.29 is 9.59 Å². The third kappa shape index (κ3) is 4.49. The van der Waals surface area contributed by atoms with Gasteiger partial charge in [-0.05, 0) is 25.7 Å². The number of nitrogens with two attached hydrogens (primary N) is 1. The van der Waals surface area contributed by atoms with Gasteiger partial charge in [0.05, 0.1) is 12.1 Å². The van der Waals surface area contributed by atoms with Crippen LogP contribution in [0, 0.1) is 0 Å². The SMILES string of the molecule is CCCNC(=O)CN(CCC)C(=O)C1(N)CCCC1. The first-order valence-corrected chi connectivity index (χ1v) is 7.38. The Balaban J connectivity index is 2.60. The van der Waals surface area contributed by atoms with Crippen molar-refractivity contribution in [3.05, 3.63) is 0 Å². The molecule has 0 atom stereocenters. The van der Waals surface area contributed by atoms with E-state index in [1.807, 2.05) is 13.8 Å². The van der Waals surface area contributed by atoms with Crippen LogP contribution in [0.3, 0.4) is 0 Å². The summed E-state index contributed by atoms with van der Waals surface area (Å²) in [5.41, 5.74) is 5.45. The fourth-order valence-corrected chi connectivity index (χ4v) is 2.55. The molecule has 3 N–H and O–H groups in total. The number of hydrogen-bond acceptors (Lipinski definition) is 3. The van der Waals surface area contributed by atoms with Crippen LogP contribution >= 0.6 is 0 Å². The van der Waals surface area contributed by atoms with Gasteiger partial charge in [0.25, 0.3) is 0 Å². The summed E-state index contributed by atoms with van der Waals surface area (Å²) in [6.07, 6.45) is 5.22. The predicted molar refractivity (Wildman–Crippen MR) is 75.6 cm³/mol. The van der Waals surface area contributed by atoms with E-state index in [1.54, 1.807) is 4.90 Å². The standard InChI is InChI=1S/C14H27N3O2/c1-3-9-16-12(18)11-17(10-4-2)13(19)14(15)7-5-6-8-14/h3-11,15H2,1-2H3,(H,16,18). The Morgan fingerprint density at radius 1 is 1.21 bits per heavy atom. The summed E-state index contributed by atoms with van der Waals surface area (Å²) in [7, 11) is 0. The highest BCUT2D eigenvalue weighted by Gasteiger charge is 2.40. The molecule has 0 aromatic rings. The van der Waals surface area contributed by atoms with Crippen molar-refractivity contribution in [3.8, 4) is 0 Å². The van der Waals surface area contributed by atoms with Crippen LogP contribution in [0.25, 0.3) is 0 Å². The zero-order valence-electron chi connectivity index (χ0n) is 12.2. The van der Waals surface area contributed by atoms with E-state index in [9.17, 15) is 9.59 Å². The summed E-state index contributed by atoms with van der Waals surface area (Å²) >= 11 is 0. The molecule has 1 fully saturated rings. The van der Waals surface area contributed by atoms with Gasteiger partial charge in [0, 0.05) is 13.1 Å². The number of carbonyl (C=O) groups excluding carboxylic acids is 2. The normalized spacial score (nSPS) is 17.2. The van der Waals surface area contributed by atoms with Gasteiger partial charge in [0.1, 0.15) is 0 Å². The summed E-state index contributed by atoms with van der Waals surface area (Å²) in [5, 5.41) is 2.81. The molecule has 2 amide bonds. The summed E-state index contributed by atoms with van der Waals surface area (Å²) in [6.45, 7) is 5.38. The molecule has 19 heavy (non-hydrogen) atoms. The van der Waals surface area contributed by atoms with E-state index in [4.69, 9.17) is 5.73 Å². The average molecular weight is 269 g/mol. The van der Waals surface area contributed by atoms with Crippen molar-refractivity contribution in [1.82, 2.24) is 10.2 Å². The molecule has 5 nitrogen and oxygen atoms in total. The van der Waals surface area contributed by atoms with Crippen molar-refractivity contribution in [2.24, 2.45) is 5.73 Å². The van der Waals surface area contributed by atoms with Crippen LogP contribution in [0.4, 0.5) is 0 Å². The highest BCUT2D eigenvalue weighted by atomic mass is 16.2. The first-order chi connectivity index (χ1) is 9.03. The monoisotopic (exact) mass is 269 g/mol. The molecule has 0 aliphatic heterocycles. The molecule has 0 bridgehead atoms. The Morgan fingerprint density at radius 3 is 2.37 bits per heavy atom. The molecular formula is C14H27N3O2. The predicted octanol–water partition coefficient (Wildman–Crippen LogP) is 1.02. The Kier molecular flexibility index (Phi) is 6.28. The first-order valence-electron chi connectivity index (χ1n) is 7.38. The van der Waals surface area contributed by atoms with Crippen LogP contribution in [-0.2, 0) is 9.59 Å². The zero-order valence-corrected chi connectivity index (χ0v) is 12.2. The molecule has 0 aromatic heterocycles. The highest BCUT2D eigenvalue weighted by Crippen LogP contribution is 2.29. The minimum atomic E-state index is -0.736. The maximum Gasteiger partial charge on any atom is 0.243 e. The lowest BCUT2D eigenvalue weighted by molar-refractivity contribution is -0.140. The lowest BCUT2D eigenvalue weighted by Crippen LogP contribution is -2.55. The molecule has 0 radical (unpaired) electrons. The number of carbonyl (C=O) groups is 2. The maximum absolute atomic E-state index is 12.5. The average Bonchev–Trinajstić information content (AvgIpc) is 2.83. The van der Waals surface area contributed by atoms with Gasteiger partial charge < -0.3 is 16.0 Å². The Labute approximate surface area is 115 Å². The van der Waals surface area contributed by atoms with Gasteiger partial charge in [0.2, 0.25) is 11.8 Å². The largest absolute Gasteiger partial charge is 0.355 e. The number of nitrogens with one attached hydrogen (secondary N) is 1. The Bertz CT molecular complexity index is 312. The molecule has 0 heterocycles. The maximum atomic E-state index is 12.5. The summed E-state index contributed by atoms with van der Waals surface area (Å²) in [5.74, 6) is -0.149. The zero-order chi connectivity index (χ0) is 14.3. The molecule has 0 aromatic carbocycles. The van der Waals surface area contributed by atoms with Gasteiger partial charge >= 0.3 is 0 Å². The molecule has 1 aliphatic carbocycles. The Morgan fingerprint density at radius 2 is 1.84 bits per heavy atom. The van der Waals surface area contributed by atoms with Crippen molar-refractivity contribution in [3.63, 3.8) is 0 Å². The summed E-state index contributed by atoms with van der Waals surface area (Å²) in [6, 6.07) is 0. The van der Waals surface area contributed by atoms with Gasteiger partial charge in [0.15, 0.2) is 0 Å². The lowest BCUT2D eigenvalue weighted by Gasteiger charge is -2.31. The van der Waals surface area contributed by atoms with E-state index < -0.39 is 5.54 Å². The van der Waals surface area contributed by atoms with E-state index in [1.165, 1.54) is 0 Å². The van der Waals surface area contributed by atoms with E-state index >= 15 is 0 Å². The topological polar surface area (TPSA) is 75.4 Å². The number of hydrogen-bond donors (Lipinski definition) is 2. The van der Waals surface area contributed by atoms with Gasteiger partial charge in [-0.15, -0.1) is 0 Å². The molecular weight excluding hydrogens is 242 g/mol. The highest BCUT2D eigenvalue weighted by molar-refractivity contribution is 5.90. The van der Waals surface area contributed by atoms with Gasteiger partial charge in [-0.3, -0.25) is 9.59 Å². The minimum Gasteiger partial charge on any atom is -0.355 e. The smallest absolute Gasteiger partial charge is 0.243 e. The fourth-order valence-electron chi connectivity index (χ4n) is 2.55. The quantitative estimate of drug-likeness (QED) is 0.724. The van der Waals surface area contributed by atoms with Crippen molar-refractivity contribution in [1.29, 1.82) is 0 Å². The number of amides is 2. The van der Waals surface area contributed by atoms with Crippen LogP contribution in [0.15, 0.2) is 0 Å². The van der Waals surface area contributed by atoms with E-state index in [0.29, 0.717) is 13.1 Å². The molecule has 110 valence electrons. The van der Waals surface area contributed by atoms with Crippen LogP contribution in [-0.4, -0.2) is 41.9 Å². The summed E-state index contributed by atoms with van der Waals surface area (Å²) in [4.78, 5) is 25.9. The Hall–Kier alpha value is -1.10. The van der Waals surface area contributed by atoms with Crippen molar-refractivity contribution >= 4 is 11.8 Å². The van der Waals surface area contributed by atoms with Crippen LogP contribution in [0.2, 0.25) is 0 Å². The van der Waals surface area contributed by atoms with Gasteiger partial charge in [-0.25, -0.2) is 0 Å². The van der Waals surface area contributed by atoms with Crippen LogP contribution in [0.1, 0.15) is 52.4 Å². The molecule has 1 aliphatic rings. The molecule has 1 saturated carbocycles. The van der Waals surface area contributed by atoms with E-state index in [0.717, 1.165) is 38.5 Å². The lowest BCUT2D eigenvalue weighted by atomic mass is 9.97. The molecule has 5 heteroatoms. The fraction of sp³-hybridized carbons (Fsp3) is 0.857. The number of rotatable bonds is 7. The van der Waals surface area contributed by atoms with Gasteiger partial charge in [-0.1, -0.05) is 26.7 Å². The second kappa shape index (κ2) is 7.48. The van der Waals surface area contributed by atoms with Gasteiger partial charge in [-0.2, -0.15) is 0 Å². The van der Waals surface area contributed by atoms with Crippen molar-refractivity contribution in [2.45, 2.75) is 57.9 Å². The minimum absolute atomic E-state index is 0.0569. The molecule has 0 unspecified atom stereocenters. The molecule has 0 spiro atoms. The molecule has 1 rings (SSSR count). The first kappa shape index (κ1) is 16.0. The number of nitrogens with zero attached hydrogens (tertiary/aromatic N) is 1. The van der Waals surface area contributed by atoms with E-state index in [2.05, 4.69) is 5.32 Å². The third-order valence-corrected chi connectivity index (χ3v) is 3.61. The van der Waals surface area contributed by atoms with Crippen LogP contribution in [0.5, 0.6) is 0 Å². The van der Waals surface area contributed by atoms with Crippen LogP contribution < -0.4 is 11.1 Å². The summed E-state index contributed by atoms with van der Waals surface area (Å²) < 4.78 is 0. The third-order valence-electron chi connectivity index (χ3n) is 3.61. The molecule has 0 saturated heterocycles.